The molecule has 0 bridgehead atoms. The summed E-state index contributed by atoms with van der Waals surface area (Å²) in [6, 6.07) is 3.84. The minimum absolute atomic E-state index is 0.0601. The molecule has 1 aromatic carbocycles. The van der Waals surface area contributed by atoms with Crippen molar-refractivity contribution in [3.8, 4) is 0 Å². The van der Waals surface area contributed by atoms with E-state index in [0.717, 1.165) is 11.8 Å². The molecule has 21 heavy (non-hydrogen) atoms. The van der Waals surface area contributed by atoms with Gasteiger partial charge < -0.3 is 5.11 Å². The summed E-state index contributed by atoms with van der Waals surface area (Å²) in [7, 11) is -3.83. The average Bonchev–Trinajstić information content (AvgIpc) is 2.82. The molecule has 0 saturated heterocycles. The molecule has 0 amide bonds. The maximum atomic E-state index is 12.3. The maximum absolute atomic E-state index is 12.3. The molecule has 0 fully saturated rings. The molecule has 0 unspecified atom stereocenters. The Hall–Kier alpha value is -1.29. The van der Waals surface area contributed by atoms with Crippen LogP contribution in [0, 0.1) is 6.92 Å². The maximum Gasteiger partial charge on any atom is 0.335 e. The van der Waals surface area contributed by atoms with Gasteiger partial charge in [0.2, 0.25) is 10.0 Å². The van der Waals surface area contributed by atoms with E-state index >= 15 is 0 Å². The lowest BCUT2D eigenvalue weighted by atomic mass is 10.2. The van der Waals surface area contributed by atoms with Gasteiger partial charge in [-0.2, -0.15) is 0 Å². The Morgan fingerprint density at radius 1 is 1.48 bits per heavy atom. The fourth-order valence-electron chi connectivity index (χ4n) is 1.56. The number of hydrogen-bond donors (Lipinski definition) is 2. The van der Waals surface area contributed by atoms with Gasteiger partial charge in [-0.1, -0.05) is 0 Å². The summed E-state index contributed by atoms with van der Waals surface area (Å²) < 4.78 is 27.2. The molecule has 9 heteroatoms. The highest BCUT2D eigenvalue weighted by Gasteiger charge is 2.20. The second-order valence-electron chi connectivity index (χ2n) is 4.16. The van der Waals surface area contributed by atoms with Crippen LogP contribution in [0.1, 0.15) is 21.1 Å². The number of carboxylic acid groups (broad SMARTS) is 1. The first-order valence-corrected chi connectivity index (χ1v) is 8.88. The molecular formula is C12H11BrN2O4S2. The first-order chi connectivity index (χ1) is 9.79. The molecule has 0 radical (unpaired) electrons. The number of aromatic nitrogens is 1. The van der Waals surface area contributed by atoms with Crippen molar-refractivity contribution in [2.75, 3.05) is 0 Å². The third-order valence-corrected chi connectivity index (χ3v) is 5.91. The molecule has 2 rings (SSSR count). The van der Waals surface area contributed by atoms with Crippen LogP contribution in [0.4, 0.5) is 0 Å². The number of nitrogens with one attached hydrogen (secondary N) is 1. The van der Waals surface area contributed by atoms with E-state index in [4.69, 9.17) is 5.11 Å². The number of carboxylic acids is 1. The van der Waals surface area contributed by atoms with E-state index < -0.39 is 16.0 Å². The summed E-state index contributed by atoms with van der Waals surface area (Å²) in [5.74, 6) is -1.19. The van der Waals surface area contributed by atoms with Crippen molar-refractivity contribution in [2.24, 2.45) is 0 Å². The average molecular weight is 391 g/mol. The van der Waals surface area contributed by atoms with Crippen molar-refractivity contribution in [2.45, 2.75) is 18.4 Å². The van der Waals surface area contributed by atoms with Crippen LogP contribution in [0.25, 0.3) is 0 Å². The van der Waals surface area contributed by atoms with Gasteiger partial charge in [-0.3, -0.25) is 0 Å². The van der Waals surface area contributed by atoms with Crippen LogP contribution >= 0.6 is 27.3 Å². The van der Waals surface area contributed by atoms with Gasteiger partial charge in [-0.05, 0) is 41.1 Å². The highest BCUT2D eigenvalue weighted by Crippen LogP contribution is 2.23. The van der Waals surface area contributed by atoms with Gasteiger partial charge >= 0.3 is 5.97 Å². The highest BCUT2D eigenvalue weighted by molar-refractivity contribution is 9.10. The molecule has 0 aliphatic heterocycles. The third-order valence-electron chi connectivity index (χ3n) is 2.55. The van der Waals surface area contributed by atoms with E-state index in [0.29, 0.717) is 9.48 Å². The van der Waals surface area contributed by atoms with Crippen molar-refractivity contribution < 1.29 is 18.3 Å². The molecule has 0 spiro atoms. The minimum atomic E-state index is -3.83. The number of aromatic carboxylic acids is 1. The Morgan fingerprint density at radius 3 is 2.76 bits per heavy atom. The van der Waals surface area contributed by atoms with Crippen LogP contribution < -0.4 is 4.72 Å². The van der Waals surface area contributed by atoms with Gasteiger partial charge in [0.1, 0.15) is 5.01 Å². The van der Waals surface area contributed by atoms with Crippen molar-refractivity contribution in [3.05, 3.63) is 44.3 Å². The molecule has 1 aromatic heterocycles. The number of sulfonamides is 1. The first kappa shape index (κ1) is 16.1. The van der Waals surface area contributed by atoms with Crippen LogP contribution in [-0.2, 0) is 16.6 Å². The minimum Gasteiger partial charge on any atom is -0.478 e. The van der Waals surface area contributed by atoms with Gasteiger partial charge in [0, 0.05) is 15.5 Å². The molecule has 2 N–H and O–H groups in total. The largest absolute Gasteiger partial charge is 0.478 e. The molecule has 0 aliphatic rings. The third kappa shape index (κ3) is 3.88. The van der Waals surface area contributed by atoms with Crippen molar-refractivity contribution >= 4 is 43.3 Å². The van der Waals surface area contributed by atoms with Crippen molar-refractivity contribution in [3.63, 3.8) is 0 Å². The Bertz CT molecular complexity index is 786. The summed E-state index contributed by atoms with van der Waals surface area (Å²) in [5, 5.41) is 11.4. The number of nitrogens with zero attached hydrogens (tertiary/aromatic N) is 1. The number of hydrogen-bond acceptors (Lipinski definition) is 5. The quantitative estimate of drug-likeness (QED) is 0.816. The normalized spacial score (nSPS) is 11.5. The lowest BCUT2D eigenvalue weighted by Crippen LogP contribution is -2.24. The second kappa shape index (κ2) is 6.22. The van der Waals surface area contributed by atoms with E-state index in [1.165, 1.54) is 23.5 Å². The van der Waals surface area contributed by atoms with Crippen LogP contribution in [-0.4, -0.2) is 24.5 Å². The Kier molecular flexibility index (Phi) is 4.77. The van der Waals surface area contributed by atoms with Crippen molar-refractivity contribution in [1.29, 1.82) is 0 Å². The summed E-state index contributed by atoms with van der Waals surface area (Å²) in [6.45, 7) is 1.88. The van der Waals surface area contributed by atoms with Crippen LogP contribution in [0.2, 0.25) is 0 Å². The molecule has 0 saturated carbocycles. The highest BCUT2D eigenvalue weighted by atomic mass is 79.9. The molecule has 6 nitrogen and oxygen atoms in total. The van der Waals surface area contributed by atoms with Crippen LogP contribution in [0.3, 0.4) is 0 Å². The van der Waals surface area contributed by atoms with Gasteiger partial charge in [-0.15, -0.1) is 11.3 Å². The van der Waals surface area contributed by atoms with Gasteiger partial charge in [0.05, 0.1) is 17.0 Å². The first-order valence-electron chi connectivity index (χ1n) is 5.73. The molecule has 2 aromatic rings. The van der Waals surface area contributed by atoms with Gasteiger partial charge in [0.15, 0.2) is 0 Å². The zero-order valence-electron chi connectivity index (χ0n) is 10.8. The van der Waals surface area contributed by atoms with Crippen molar-refractivity contribution in [1.82, 2.24) is 9.71 Å². The van der Waals surface area contributed by atoms with E-state index in [2.05, 4.69) is 25.6 Å². The predicted molar refractivity (Wildman–Crippen MR) is 82.0 cm³/mol. The number of rotatable bonds is 5. The summed E-state index contributed by atoms with van der Waals surface area (Å²) in [4.78, 5) is 15.0. The van der Waals surface area contributed by atoms with Crippen LogP contribution in [0.5, 0.6) is 0 Å². The fraction of sp³-hybridized carbons (Fsp3) is 0.167. The second-order valence-corrected chi connectivity index (χ2v) is 7.69. The van der Waals surface area contributed by atoms with E-state index in [1.54, 1.807) is 0 Å². The SMILES string of the molecule is Cc1csc(CNS(=O)(=O)c2cc(C(=O)O)ccc2Br)n1. The number of aryl methyl sites for hydroxylation is 1. The Labute approximate surface area is 134 Å². The number of halogens is 1. The smallest absolute Gasteiger partial charge is 0.335 e. The number of carbonyl (C=O) groups is 1. The number of benzene rings is 1. The predicted octanol–water partition coefficient (Wildman–Crippen LogP) is 2.39. The fourth-order valence-corrected chi connectivity index (χ4v) is 4.34. The summed E-state index contributed by atoms with van der Waals surface area (Å²) in [5.41, 5.74) is 0.729. The molecule has 0 aliphatic carbocycles. The van der Waals surface area contributed by atoms with E-state index in [1.807, 2.05) is 12.3 Å². The molecule has 0 atom stereocenters. The Balaban J connectivity index is 2.26. The lowest BCUT2D eigenvalue weighted by molar-refractivity contribution is 0.0696. The lowest BCUT2D eigenvalue weighted by Gasteiger charge is -2.08. The Morgan fingerprint density at radius 2 is 2.19 bits per heavy atom. The van der Waals surface area contributed by atoms with E-state index in [9.17, 15) is 13.2 Å². The topological polar surface area (TPSA) is 96.4 Å². The van der Waals surface area contributed by atoms with Gasteiger partial charge in [0.25, 0.3) is 0 Å². The number of thiazole rings is 1. The van der Waals surface area contributed by atoms with E-state index in [-0.39, 0.29) is 17.0 Å². The zero-order chi connectivity index (χ0) is 15.6. The van der Waals surface area contributed by atoms with Gasteiger partial charge in [-0.25, -0.2) is 22.9 Å². The zero-order valence-corrected chi connectivity index (χ0v) is 14.0. The monoisotopic (exact) mass is 390 g/mol. The van der Waals surface area contributed by atoms with Crippen LogP contribution in [0.15, 0.2) is 32.9 Å². The molecule has 1 heterocycles. The summed E-state index contributed by atoms with van der Waals surface area (Å²) in [6.07, 6.45) is 0. The standard InChI is InChI=1S/C12H11BrN2O4S2/c1-7-6-20-11(15-7)5-14-21(18,19)10-4-8(12(16)17)2-3-9(10)13/h2-4,6,14H,5H2,1H3,(H,16,17). The molecular weight excluding hydrogens is 380 g/mol. The summed E-state index contributed by atoms with van der Waals surface area (Å²) >= 11 is 4.47. The molecule has 112 valence electrons.